The minimum Gasteiger partial charge on any atom is -0.332 e. The fourth-order valence-corrected chi connectivity index (χ4v) is 3.20. The molecule has 2 amide bonds. The van der Waals surface area contributed by atoms with E-state index in [1.165, 1.54) is 12.1 Å². The minimum atomic E-state index is -0.390. The molecule has 1 aromatic carbocycles. The zero-order chi connectivity index (χ0) is 15.0. The van der Waals surface area contributed by atoms with E-state index in [0.29, 0.717) is 12.1 Å². The number of hydrogen-bond acceptors (Lipinski definition) is 3. The molecule has 2 atom stereocenters. The van der Waals surface area contributed by atoms with Crippen LogP contribution in [0.15, 0.2) is 18.2 Å². The quantitative estimate of drug-likeness (QED) is 0.892. The van der Waals surface area contributed by atoms with Crippen LogP contribution in [0.4, 0.5) is 9.18 Å². The van der Waals surface area contributed by atoms with E-state index in [4.69, 9.17) is 5.26 Å². The molecule has 0 radical (unpaired) electrons. The molecular formula is C15H17FN4O. The Labute approximate surface area is 122 Å². The third-order valence-electron chi connectivity index (χ3n) is 4.37. The van der Waals surface area contributed by atoms with E-state index in [-0.39, 0.29) is 18.1 Å². The van der Waals surface area contributed by atoms with Gasteiger partial charge in [0.15, 0.2) is 0 Å². The molecule has 2 aliphatic heterocycles. The number of carbonyl (C=O) groups is 1. The van der Waals surface area contributed by atoms with Gasteiger partial charge in [-0.2, -0.15) is 5.26 Å². The first-order valence-corrected chi connectivity index (χ1v) is 7.02. The van der Waals surface area contributed by atoms with E-state index in [0.717, 1.165) is 25.1 Å². The van der Waals surface area contributed by atoms with Gasteiger partial charge in [-0.1, -0.05) is 6.07 Å². The highest BCUT2D eigenvalue weighted by Crippen LogP contribution is 2.23. The fraction of sp³-hybridized carbons (Fsp3) is 0.467. The van der Waals surface area contributed by atoms with Crippen molar-refractivity contribution in [2.75, 3.05) is 20.1 Å². The van der Waals surface area contributed by atoms with Gasteiger partial charge in [0, 0.05) is 26.7 Å². The highest BCUT2D eigenvalue weighted by atomic mass is 19.1. The van der Waals surface area contributed by atoms with E-state index in [1.807, 2.05) is 13.1 Å². The number of nitrogens with zero attached hydrogens (tertiary/aromatic N) is 3. The normalized spacial score (nSPS) is 25.4. The van der Waals surface area contributed by atoms with Crippen molar-refractivity contribution in [3.8, 4) is 6.07 Å². The van der Waals surface area contributed by atoms with Crippen LogP contribution < -0.4 is 5.32 Å². The van der Waals surface area contributed by atoms with E-state index in [2.05, 4.69) is 10.2 Å². The van der Waals surface area contributed by atoms with Gasteiger partial charge in [-0.05, 0) is 24.1 Å². The molecule has 0 aromatic heterocycles. The van der Waals surface area contributed by atoms with Gasteiger partial charge >= 0.3 is 6.03 Å². The zero-order valence-corrected chi connectivity index (χ0v) is 11.8. The zero-order valence-electron chi connectivity index (χ0n) is 11.8. The van der Waals surface area contributed by atoms with Gasteiger partial charge in [0.2, 0.25) is 0 Å². The Balaban J connectivity index is 1.70. The maximum atomic E-state index is 13.2. The average Bonchev–Trinajstić information content (AvgIpc) is 2.75. The van der Waals surface area contributed by atoms with Gasteiger partial charge in [-0.3, -0.25) is 4.90 Å². The molecule has 2 aliphatic rings. The molecule has 2 fully saturated rings. The number of halogens is 1. The predicted molar refractivity (Wildman–Crippen MR) is 74.9 cm³/mol. The smallest absolute Gasteiger partial charge is 0.317 e. The number of urea groups is 1. The average molecular weight is 288 g/mol. The molecule has 0 unspecified atom stereocenters. The summed E-state index contributed by atoms with van der Waals surface area (Å²) in [5, 5.41) is 12.1. The van der Waals surface area contributed by atoms with Gasteiger partial charge in [-0.25, -0.2) is 9.18 Å². The molecule has 0 aliphatic carbocycles. The number of fused-ring (bicyclic) bond motifs is 1. The second-order valence-corrected chi connectivity index (χ2v) is 5.67. The van der Waals surface area contributed by atoms with Crippen LogP contribution in [0.2, 0.25) is 0 Å². The number of piperidine rings is 1. The Bertz CT molecular complexity index is 612. The van der Waals surface area contributed by atoms with Crippen molar-refractivity contribution in [3.05, 3.63) is 35.1 Å². The third-order valence-corrected chi connectivity index (χ3v) is 4.37. The molecule has 5 nitrogen and oxygen atoms in total. The molecule has 0 saturated carbocycles. The molecule has 3 rings (SSSR count). The standard InChI is InChI=1S/C15H17FN4O/c1-19-14-4-5-20(9-13(14)18-15(19)21)8-10-2-3-12(16)6-11(10)7-17/h2-3,6,13-14H,4-5,8-9H2,1H3,(H,18,21)/t13-,14+/m1/s1. The molecule has 0 bridgehead atoms. The Morgan fingerprint density at radius 2 is 2.33 bits per heavy atom. The number of nitrogens with one attached hydrogen (secondary N) is 1. The summed E-state index contributed by atoms with van der Waals surface area (Å²) in [5.74, 6) is -0.390. The number of rotatable bonds is 2. The summed E-state index contributed by atoms with van der Waals surface area (Å²) in [6.45, 7) is 2.22. The lowest BCUT2D eigenvalue weighted by atomic mass is 9.99. The molecule has 0 spiro atoms. The van der Waals surface area contributed by atoms with Gasteiger partial charge < -0.3 is 10.2 Å². The van der Waals surface area contributed by atoms with Crippen LogP contribution in [0.3, 0.4) is 0 Å². The molecule has 2 heterocycles. The lowest BCUT2D eigenvalue weighted by Crippen LogP contribution is -2.50. The number of nitriles is 1. The van der Waals surface area contributed by atoms with Crippen molar-refractivity contribution in [1.29, 1.82) is 5.26 Å². The van der Waals surface area contributed by atoms with Crippen LogP contribution in [0.1, 0.15) is 17.5 Å². The van der Waals surface area contributed by atoms with Crippen LogP contribution in [0.5, 0.6) is 0 Å². The molecule has 1 aromatic rings. The van der Waals surface area contributed by atoms with Crippen molar-refractivity contribution in [3.63, 3.8) is 0 Å². The van der Waals surface area contributed by atoms with Crippen molar-refractivity contribution >= 4 is 6.03 Å². The predicted octanol–water partition coefficient (Wildman–Crippen LogP) is 1.30. The van der Waals surface area contributed by atoms with Gasteiger partial charge in [-0.15, -0.1) is 0 Å². The topological polar surface area (TPSA) is 59.4 Å². The molecule has 6 heteroatoms. The first-order chi connectivity index (χ1) is 10.1. The van der Waals surface area contributed by atoms with Crippen molar-refractivity contribution < 1.29 is 9.18 Å². The maximum Gasteiger partial charge on any atom is 0.317 e. The molecule has 2 saturated heterocycles. The summed E-state index contributed by atoms with van der Waals surface area (Å²) in [7, 11) is 1.82. The lowest BCUT2D eigenvalue weighted by Gasteiger charge is -2.35. The van der Waals surface area contributed by atoms with E-state index >= 15 is 0 Å². The van der Waals surface area contributed by atoms with Crippen molar-refractivity contribution in [2.24, 2.45) is 0 Å². The summed E-state index contributed by atoms with van der Waals surface area (Å²) in [6, 6.07) is 6.71. The Morgan fingerprint density at radius 3 is 3.10 bits per heavy atom. The van der Waals surface area contributed by atoms with Crippen LogP contribution >= 0.6 is 0 Å². The summed E-state index contributed by atoms with van der Waals surface area (Å²) in [4.78, 5) is 15.6. The van der Waals surface area contributed by atoms with Gasteiger partial charge in [0.1, 0.15) is 5.82 Å². The molecule has 1 N–H and O–H groups in total. The lowest BCUT2D eigenvalue weighted by molar-refractivity contribution is 0.147. The van der Waals surface area contributed by atoms with E-state index in [9.17, 15) is 9.18 Å². The summed E-state index contributed by atoms with van der Waals surface area (Å²) >= 11 is 0. The van der Waals surface area contributed by atoms with Crippen LogP contribution in [0.25, 0.3) is 0 Å². The van der Waals surface area contributed by atoms with Gasteiger partial charge in [0.25, 0.3) is 0 Å². The Morgan fingerprint density at radius 1 is 1.52 bits per heavy atom. The number of likely N-dealkylation sites (tertiary alicyclic amines) is 1. The summed E-state index contributed by atoms with van der Waals surface area (Å²) in [5.41, 5.74) is 1.21. The second-order valence-electron chi connectivity index (χ2n) is 5.67. The van der Waals surface area contributed by atoms with Crippen molar-refractivity contribution in [2.45, 2.75) is 25.0 Å². The van der Waals surface area contributed by atoms with Gasteiger partial charge in [0.05, 0.1) is 23.7 Å². The largest absolute Gasteiger partial charge is 0.332 e. The van der Waals surface area contributed by atoms with Crippen molar-refractivity contribution in [1.82, 2.24) is 15.1 Å². The number of carbonyl (C=O) groups excluding carboxylic acids is 1. The van der Waals surface area contributed by atoms with Crippen LogP contribution in [0, 0.1) is 17.1 Å². The number of amides is 2. The third kappa shape index (κ3) is 2.57. The van der Waals surface area contributed by atoms with Crippen LogP contribution in [-0.2, 0) is 6.54 Å². The first kappa shape index (κ1) is 13.8. The first-order valence-electron chi connectivity index (χ1n) is 7.02. The van der Waals surface area contributed by atoms with E-state index < -0.39 is 5.82 Å². The Hall–Kier alpha value is -2.13. The molecular weight excluding hydrogens is 271 g/mol. The number of benzene rings is 1. The molecule has 21 heavy (non-hydrogen) atoms. The highest BCUT2D eigenvalue weighted by Gasteiger charge is 2.40. The SMILES string of the molecule is CN1C(=O)N[C@@H]2CN(Cc3ccc(F)cc3C#N)CC[C@@H]21. The fourth-order valence-electron chi connectivity index (χ4n) is 3.20. The number of likely N-dealkylation sites (N-methyl/N-ethyl adjacent to an activating group) is 1. The Kier molecular flexibility index (Phi) is 3.52. The second kappa shape index (κ2) is 5.34. The highest BCUT2D eigenvalue weighted by molar-refractivity contribution is 5.77. The van der Waals surface area contributed by atoms with E-state index in [1.54, 1.807) is 11.0 Å². The maximum absolute atomic E-state index is 13.2. The number of hydrogen-bond donors (Lipinski definition) is 1. The van der Waals surface area contributed by atoms with Crippen LogP contribution in [-0.4, -0.2) is 48.1 Å². The monoisotopic (exact) mass is 288 g/mol. The molecule has 110 valence electrons. The minimum absolute atomic E-state index is 0.0219. The summed E-state index contributed by atoms with van der Waals surface area (Å²) < 4.78 is 13.2. The summed E-state index contributed by atoms with van der Waals surface area (Å²) in [6.07, 6.45) is 0.906.